The van der Waals surface area contributed by atoms with E-state index in [0.717, 1.165) is 11.3 Å². The molecule has 1 heterocycles. The van der Waals surface area contributed by atoms with E-state index in [0.29, 0.717) is 24.3 Å². The van der Waals surface area contributed by atoms with Crippen molar-refractivity contribution in [3.05, 3.63) is 54.1 Å². The standard InChI is InChI=1S/C19H20N2O3/c1-13-6-8-15(9-7-13)21-17(10-11-18(21)22)19(23)20-14-4-3-5-16(12-14)24-2/h3-9,12,17H,10-11H2,1-2H3,(H,20,23). The first-order chi connectivity index (χ1) is 11.6. The van der Waals surface area contributed by atoms with Crippen molar-refractivity contribution in [2.24, 2.45) is 0 Å². The Kier molecular flexibility index (Phi) is 4.51. The summed E-state index contributed by atoms with van der Waals surface area (Å²) in [5.41, 5.74) is 2.53. The van der Waals surface area contributed by atoms with E-state index in [4.69, 9.17) is 4.74 Å². The van der Waals surface area contributed by atoms with E-state index < -0.39 is 6.04 Å². The van der Waals surface area contributed by atoms with Crippen LogP contribution in [-0.2, 0) is 9.59 Å². The Morgan fingerprint density at radius 1 is 1.21 bits per heavy atom. The van der Waals surface area contributed by atoms with Crippen molar-refractivity contribution in [3.63, 3.8) is 0 Å². The summed E-state index contributed by atoms with van der Waals surface area (Å²) in [6, 6.07) is 14.3. The first-order valence-electron chi connectivity index (χ1n) is 7.92. The van der Waals surface area contributed by atoms with E-state index in [9.17, 15) is 9.59 Å². The van der Waals surface area contributed by atoms with Crippen LogP contribution in [0, 0.1) is 6.92 Å². The van der Waals surface area contributed by atoms with Crippen LogP contribution in [0.3, 0.4) is 0 Å². The van der Waals surface area contributed by atoms with Crippen LogP contribution in [0.15, 0.2) is 48.5 Å². The van der Waals surface area contributed by atoms with Gasteiger partial charge >= 0.3 is 0 Å². The number of anilines is 2. The van der Waals surface area contributed by atoms with E-state index in [1.165, 1.54) is 0 Å². The quantitative estimate of drug-likeness (QED) is 0.940. The molecule has 1 saturated heterocycles. The molecule has 2 aromatic carbocycles. The summed E-state index contributed by atoms with van der Waals surface area (Å²) in [4.78, 5) is 26.5. The van der Waals surface area contributed by atoms with Crippen molar-refractivity contribution in [1.82, 2.24) is 0 Å². The molecular weight excluding hydrogens is 304 g/mol. The third kappa shape index (κ3) is 3.25. The number of ether oxygens (including phenoxy) is 1. The van der Waals surface area contributed by atoms with Gasteiger partial charge in [-0.3, -0.25) is 14.5 Å². The van der Waals surface area contributed by atoms with E-state index in [1.807, 2.05) is 43.3 Å². The van der Waals surface area contributed by atoms with Gasteiger partial charge in [0.05, 0.1) is 7.11 Å². The Bertz CT molecular complexity index is 755. The number of carbonyl (C=O) groups is 2. The van der Waals surface area contributed by atoms with Gasteiger partial charge in [-0.1, -0.05) is 23.8 Å². The lowest BCUT2D eigenvalue weighted by Gasteiger charge is -2.24. The average Bonchev–Trinajstić information content (AvgIpc) is 2.97. The molecule has 1 unspecified atom stereocenters. The van der Waals surface area contributed by atoms with Gasteiger partial charge in [-0.25, -0.2) is 0 Å². The van der Waals surface area contributed by atoms with Gasteiger partial charge in [-0.2, -0.15) is 0 Å². The minimum absolute atomic E-state index is 0.0235. The highest BCUT2D eigenvalue weighted by atomic mass is 16.5. The lowest BCUT2D eigenvalue weighted by Crippen LogP contribution is -2.41. The number of nitrogens with one attached hydrogen (secondary N) is 1. The highest BCUT2D eigenvalue weighted by Gasteiger charge is 2.37. The van der Waals surface area contributed by atoms with Crippen molar-refractivity contribution in [2.45, 2.75) is 25.8 Å². The number of benzene rings is 2. The van der Waals surface area contributed by atoms with Crippen molar-refractivity contribution < 1.29 is 14.3 Å². The minimum atomic E-state index is -0.494. The Morgan fingerprint density at radius 3 is 2.67 bits per heavy atom. The van der Waals surface area contributed by atoms with E-state index in [1.54, 1.807) is 24.1 Å². The zero-order valence-electron chi connectivity index (χ0n) is 13.8. The van der Waals surface area contributed by atoms with E-state index in [2.05, 4.69) is 5.32 Å². The molecular formula is C19H20N2O3. The second-order valence-corrected chi connectivity index (χ2v) is 5.87. The van der Waals surface area contributed by atoms with Crippen LogP contribution >= 0.6 is 0 Å². The highest BCUT2D eigenvalue weighted by molar-refractivity contribution is 6.07. The molecule has 0 saturated carbocycles. The second kappa shape index (κ2) is 6.74. The van der Waals surface area contributed by atoms with Gasteiger partial charge < -0.3 is 10.1 Å². The van der Waals surface area contributed by atoms with Crippen LogP contribution in [0.1, 0.15) is 18.4 Å². The molecule has 0 aromatic heterocycles. The normalized spacial score (nSPS) is 17.0. The van der Waals surface area contributed by atoms with Gasteiger partial charge in [0, 0.05) is 23.9 Å². The van der Waals surface area contributed by atoms with Gasteiger partial charge in [-0.15, -0.1) is 0 Å². The summed E-state index contributed by atoms with van der Waals surface area (Å²) >= 11 is 0. The first kappa shape index (κ1) is 16.1. The van der Waals surface area contributed by atoms with Crippen molar-refractivity contribution in [3.8, 4) is 5.75 Å². The van der Waals surface area contributed by atoms with Gasteiger partial charge in [0.1, 0.15) is 11.8 Å². The fraction of sp³-hybridized carbons (Fsp3) is 0.263. The summed E-state index contributed by atoms with van der Waals surface area (Å²) in [5, 5.41) is 2.88. The molecule has 24 heavy (non-hydrogen) atoms. The largest absolute Gasteiger partial charge is 0.497 e. The third-order valence-corrected chi connectivity index (χ3v) is 4.16. The molecule has 124 valence electrons. The molecule has 1 aliphatic rings. The molecule has 0 aliphatic carbocycles. The number of methoxy groups -OCH3 is 1. The van der Waals surface area contributed by atoms with Crippen LogP contribution in [-0.4, -0.2) is 25.0 Å². The van der Waals surface area contributed by atoms with Crippen LogP contribution in [0.2, 0.25) is 0 Å². The van der Waals surface area contributed by atoms with Gasteiger partial charge in [0.15, 0.2) is 0 Å². The number of amides is 2. The Morgan fingerprint density at radius 2 is 1.96 bits per heavy atom. The zero-order valence-corrected chi connectivity index (χ0v) is 13.8. The van der Waals surface area contributed by atoms with Gasteiger partial charge in [-0.05, 0) is 37.6 Å². The number of hydrogen-bond donors (Lipinski definition) is 1. The van der Waals surface area contributed by atoms with Gasteiger partial charge in [0.2, 0.25) is 11.8 Å². The first-order valence-corrected chi connectivity index (χ1v) is 7.92. The van der Waals surface area contributed by atoms with Crippen LogP contribution in [0.4, 0.5) is 11.4 Å². The highest BCUT2D eigenvalue weighted by Crippen LogP contribution is 2.28. The number of rotatable bonds is 4. The SMILES string of the molecule is COc1cccc(NC(=O)C2CCC(=O)N2c2ccc(C)cc2)c1. The van der Waals surface area contributed by atoms with Crippen molar-refractivity contribution in [1.29, 1.82) is 0 Å². The topological polar surface area (TPSA) is 58.6 Å². The van der Waals surface area contributed by atoms with Crippen LogP contribution in [0.25, 0.3) is 0 Å². The molecule has 1 fully saturated rings. The number of aryl methyl sites for hydroxylation is 1. The molecule has 1 aliphatic heterocycles. The summed E-state index contributed by atoms with van der Waals surface area (Å²) in [6.45, 7) is 1.99. The Hall–Kier alpha value is -2.82. The minimum Gasteiger partial charge on any atom is -0.497 e. The van der Waals surface area contributed by atoms with Crippen molar-refractivity contribution in [2.75, 3.05) is 17.3 Å². The lowest BCUT2D eigenvalue weighted by molar-refractivity contribution is -0.120. The predicted molar refractivity (Wildman–Crippen MR) is 93.3 cm³/mol. The molecule has 2 aromatic rings. The molecule has 0 radical (unpaired) electrons. The summed E-state index contributed by atoms with van der Waals surface area (Å²) in [6.07, 6.45) is 0.895. The number of carbonyl (C=O) groups excluding carboxylic acids is 2. The predicted octanol–water partition coefficient (Wildman–Crippen LogP) is 3.14. The Balaban J connectivity index is 1.80. The maximum atomic E-state index is 12.7. The lowest BCUT2D eigenvalue weighted by atomic mass is 10.1. The summed E-state index contributed by atoms with van der Waals surface area (Å²) in [5.74, 6) is 0.463. The maximum Gasteiger partial charge on any atom is 0.247 e. The fourth-order valence-electron chi connectivity index (χ4n) is 2.89. The number of nitrogens with zero attached hydrogens (tertiary/aromatic N) is 1. The van der Waals surface area contributed by atoms with Crippen LogP contribution in [0.5, 0.6) is 5.75 Å². The second-order valence-electron chi connectivity index (χ2n) is 5.87. The third-order valence-electron chi connectivity index (χ3n) is 4.16. The number of hydrogen-bond acceptors (Lipinski definition) is 3. The molecule has 3 rings (SSSR count). The Labute approximate surface area is 141 Å². The molecule has 2 amide bonds. The maximum absolute atomic E-state index is 12.7. The molecule has 0 bridgehead atoms. The van der Waals surface area contributed by atoms with Gasteiger partial charge in [0.25, 0.3) is 0 Å². The molecule has 5 nitrogen and oxygen atoms in total. The molecule has 1 N–H and O–H groups in total. The van der Waals surface area contributed by atoms with Crippen molar-refractivity contribution >= 4 is 23.2 Å². The zero-order chi connectivity index (χ0) is 17.1. The van der Waals surface area contributed by atoms with Crippen LogP contribution < -0.4 is 15.0 Å². The molecule has 0 spiro atoms. The monoisotopic (exact) mass is 324 g/mol. The van der Waals surface area contributed by atoms with E-state index in [-0.39, 0.29) is 11.8 Å². The summed E-state index contributed by atoms with van der Waals surface area (Å²) < 4.78 is 5.16. The smallest absolute Gasteiger partial charge is 0.247 e. The molecule has 1 atom stereocenters. The van der Waals surface area contributed by atoms with E-state index >= 15 is 0 Å². The fourth-order valence-corrected chi connectivity index (χ4v) is 2.89. The average molecular weight is 324 g/mol. The molecule has 5 heteroatoms. The summed E-state index contributed by atoms with van der Waals surface area (Å²) in [7, 11) is 1.58.